The predicted molar refractivity (Wildman–Crippen MR) is 86.7 cm³/mol. The highest BCUT2D eigenvalue weighted by atomic mass is 32.1. The van der Waals surface area contributed by atoms with Crippen LogP contribution in [0.5, 0.6) is 0 Å². The summed E-state index contributed by atoms with van der Waals surface area (Å²) in [5, 5.41) is 5.53. The van der Waals surface area contributed by atoms with Crippen molar-refractivity contribution in [3.8, 4) is 0 Å². The molecular formula is C16H17N3OS. The van der Waals surface area contributed by atoms with Crippen molar-refractivity contribution in [2.75, 3.05) is 6.54 Å². The van der Waals surface area contributed by atoms with Gasteiger partial charge in [-0.05, 0) is 30.5 Å². The first-order chi connectivity index (χ1) is 10.3. The van der Waals surface area contributed by atoms with Crippen LogP contribution >= 0.6 is 11.3 Å². The molecule has 1 N–H and O–H groups in total. The Morgan fingerprint density at radius 2 is 2.14 bits per heavy atom. The first kappa shape index (κ1) is 14.0. The van der Waals surface area contributed by atoms with Gasteiger partial charge >= 0.3 is 0 Å². The van der Waals surface area contributed by atoms with Crippen LogP contribution < -0.4 is 10.9 Å². The number of hydrogen-bond donors (Lipinski definition) is 1. The normalized spacial score (nSPS) is 12.6. The van der Waals surface area contributed by atoms with Gasteiger partial charge in [-0.1, -0.05) is 18.2 Å². The van der Waals surface area contributed by atoms with Gasteiger partial charge in [0.1, 0.15) is 0 Å². The van der Waals surface area contributed by atoms with Crippen molar-refractivity contribution in [2.45, 2.75) is 19.5 Å². The summed E-state index contributed by atoms with van der Waals surface area (Å²) in [6.07, 6.45) is 1.39. The van der Waals surface area contributed by atoms with E-state index in [9.17, 15) is 4.79 Å². The Morgan fingerprint density at radius 1 is 1.29 bits per heavy atom. The molecule has 21 heavy (non-hydrogen) atoms. The summed E-state index contributed by atoms with van der Waals surface area (Å²) in [5.74, 6) is 0. The zero-order valence-corrected chi connectivity index (χ0v) is 12.6. The number of thiophene rings is 1. The zero-order valence-electron chi connectivity index (χ0n) is 11.8. The van der Waals surface area contributed by atoms with Crippen LogP contribution in [0, 0.1) is 0 Å². The molecule has 0 aliphatic rings. The third-order valence-corrected chi connectivity index (χ3v) is 4.56. The van der Waals surface area contributed by atoms with Crippen LogP contribution in [-0.4, -0.2) is 16.1 Å². The number of nitrogens with zero attached hydrogens (tertiary/aromatic N) is 2. The zero-order chi connectivity index (χ0) is 14.7. The minimum absolute atomic E-state index is 0.0562. The summed E-state index contributed by atoms with van der Waals surface area (Å²) in [6, 6.07) is 12.2. The Morgan fingerprint density at radius 3 is 2.95 bits per heavy atom. The summed E-state index contributed by atoms with van der Waals surface area (Å²) in [6.45, 7) is 3.52. The van der Waals surface area contributed by atoms with Gasteiger partial charge in [-0.25, -0.2) is 4.98 Å². The molecule has 0 saturated heterocycles. The summed E-state index contributed by atoms with van der Waals surface area (Å²) in [5.41, 5.74) is 1.68. The number of nitrogens with one attached hydrogen (secondary N) is 1. The number of para-hydroxylation sites is 2. The molecule has 4 nitrogen and oxygen atoms in total. The van der Waals surface area contributed by atoms with Crippen molar-refractivity contribution in [1.82, 2.24) is 14.9 Å². The van der Waals surface area contributed by atoms with Gasteiger partial charge < -0.3 is 9.88 Å². The van der Waals surface area contributed by atoms with Gasteiger partial charge in [0, 0.05) is 24.0 Å². The van der Waals surface area contributed by atoms with Gasteiger partial charge in [-0.2, -0.15) is 0 Å². The van der Waals surface area contributed by atoms with Crippen LogP contribution in [-0.2, 0) is 6.54 Å². The maximum atomic E-state index is 12.0. The number of rotatable bonds is 5. The minimum atomic E-state index is -0.0562. The van der Waals surface area contributed by atoms with Gasteiger partial charge in [0.15, 0.2) is 0 Å². The average Bonchev–Trinajstić information content (AvgIpc) is 3.04. The second-order valence-electron chi connectivity index (χ2n) is 4.93. The van der Waals surface area contributed by atoms with E-state index in [4.69, 9.17) is 0 Å². The Bertz CT molecular complexity index is 780. The molecular weight excluding hydrogens is 282 g/mol. The summed E-state index contributed by atoms with van der Waals surface area (Å²) < 4.78 is 1.77. The van der Waals surface area contributed by atoms with Gasteiger partial charge in [0.2, 0.25) is 0 Å². The third-order valence-electron chi connectivity index (χ3n) is 3.51. The largest absolute Gasteiger partial charge is 0.308 e. The molecule has 0 spiro atoms. The lowest BCUT2D eigenvalue weighted by molar-refractivity contribution is 0.536. The van der Waals surface area contributed by atoms with Crippen LogP contribution in [0.1, 0.15) is 17.8 Å². The van der Waals surface area contributed by atoms with Crippen LogP contribution in [0.3, 0.4) is 0 Å². The van der Waals surface area contributed by atoms with Crippen LogP contribution in [0.2, 0.25) is 0 Å². The first-order valence-corrected chi connectivity index (χ1v) is 7.85. The van der Waals surface area contributed by atoms with E-state index >= 15 is 0 Å². The molecule has 108 valence electrons. The van der Waals surface area contributed by atoms with E-state index in [-0.39, 0.29) is 5.56 Å². The first-order valence-electron chi connectivity index (χ1n) is 6.97. The molecule has 0 aliphatic heterocycles. The maximum absolute atomic E-state index is 12.0. The molecule has 2 heterocycles. The van der Waals surface area contributed by atoms with E-state index in [0.29, 0.717) is 12.6 Å². The van der Waals surface area contributed by atoms with Crippen molar-refractivity contribution in [1.29, 1.82) is 0 Å². The molecule has 0 fully saturated rings. The second kappa shape index (κ2) is 6.20. The van der Waals surface area contributed by atoms with Crippen LogP contribution in [0.4, 0.5) is 0 Å². The van der Waals surface area contributed by atoms with Gasteiger partial charge in [0.25, 0.3) is 5.56 Å². The summed E-state index contributed by atoms with van der Waals surface area (Å²) in [4.78, 5) is 17.5. The van der Waals surface area contributed by atoms with Crippen molar-refractivity contribution in [3.63, 3.8) is 0 Å². The third kappa shape index (κ3) is 3.04. The predicted octanol–water partition coefficient (Wildman–Crippen LogP) is 2.81. The van der Waals surface area contributed by atoms with E-state index < -0.39 is 0 Å². The Kier molecular flexibility index (Phi) is 4.13. The molecule has 0 amide bonds. The van der Waals surface area contributed by atoms with Crippen LogP contribution in [0.25, 0.3) is 11.0 Å². The minimum Gasteiger partial charge on any atom is -0.308 e. The van der Waals surface area contributed by atoms with Gasteiger partial charge in [0.05, 0.1) is 17.2 Å². The van der Waals surface area contributed by atoms with Crippen molar-refractivity contribution < 1.29 is 0 Å². The highest BCUT2D eigenvalue weighted by Gasteiger charge is 2.07. The lowest BCUT2D eigenvalue weighted by Gasteiger charge is -2.14. The molecule has 1 unspecified atom stereocenters. The van der Waals surface area contributed by atoms with Crippen molar-refractivity contribution in [3.05, 3.63) is 63.2 Å². The fraction of sp³-hybridized carbons (Fsp3) is 0.250. The standard InChI is InChI=1S/C16H17N3OS/c1-12(15-7-4-10-21-15)17-8-9-19-14-6-3-2-5-13(14)18-11-16(19)20/h2-7,10-12,17H,8-9H2,1H3. The molecule has 0 radical (unpaired) electrons. The van der Waals surface area contributed by atoms with Crippen LogP contribution in [0.15, 0.2) is 52.8 Å². The molecule has 0 saturated carbocycles. The highest BCUT2D eigenvalue weighted by Crippen LogP contribution is 2.17. The lowest BCUT2D eigenvalue weighted by atomic mass is 10.2. The number of fused-ring (bicyclic) bond motifs is 1. The fourth-order valence-electron chi connectivity index (χ4n) is 2.38. The summed E-state index contributed by atoms with van der Waals surface area (Å²) in [7, 11) is 0. The molecule has 0 aliphatic carbocycles. The summed E-state index contributed by atoms with van der Waals surface area (Å²) >= 11 is 1.74. The van der Waals surface area contributed by atoms with E-state index in [2.05, 4.69) is 34.7 Å². The quantitative estimate of drug-likeness (QED) is 0.788. The molecule has 0 bridgehead atoms. The molecule has 1 aromatic carbocycles. The van der Waals surface area contributed by atoms with Crippen molar-refractivity contribution in [2.24, 2.45) is 0 Å². The SMILES string of the molecule is CC(NCCn1c(=O)cnc2ccccc21)c1cccs1. The Hall–Kier alpha value is -1.98. The van der Waals surface area contributed by atoms with E-state index in [1.807, 2.05) is 24.3 Å². The smallest absolute Gasteiger partial charge is 0.269 e. The topological polar surface area (TPSA) is 46.9 Å². The second-order valence-corrected chi connectivity index (χ2v) is 5.91. The number of benzene rings is 1. The molecule has 3 aromatic rings. The fourth-order valence-corrected chi connectivity index (χ4v) is 3.14. The Balaban J connectivity index is 1.73. The average molecular weight is 299 g/mol. The monoisotopic (exact) mass is 299 g/mol. The molecule has 1 atom stereocenters. The van der Waals surface area contributed by atoms with E-state index in [1.54, 1.807) is 15.9 Å². The maximum Gasteiger partial charge on any atom is 0.269 e. The number of aromatic nitrogens is 2. The molecule has 2 aromatic heterocycles. The van der Waals surface area contributed by atoms with E-state index in [1.165, 1.54) is 11.1 Å². The lowest BCUT2D eigenvalue weighted by Crippen LogP contribution is -2.28. The highest BCUT2D eigenvalue weighted by molar-refractivity contribution is 7.10. The molecule has 5 heteroatoms. The Labute approximate surface area is 127 Å². The van der Waals surface area contributed by atoms with Gasteiger partial charge in [-0.15, -0.1) is 11.3 Å². The van der Waals surface area contributed by atoms with Gasteiger partial charge in [-0.3, -0.25) is 4.79 Å². The molecule has 3 rings (SSSR count). The van der Waals surface area contributed by atoms with Crippen molar-refractivity contribution >= 4 is 22.4 Å². The van der Waals surface area contributed by atoms with E-state index in [0.717, 1.165) is 17.6 Å². The number of hydrogen-bond acceptors (Lipinski definition) is 4.